The van der Waals surface area contributed by atoms with Crippen LogP contribution < -0.4 is 5.73 Å². The lowest BCUT2D eigenvalue weighted by molar-refractivity contribution is -0.161. The molecule has 52 heavy (non-hydrogen) atoms. The maximum atomic E-state index is 12.5. The third-order valence-electron chi connectivity index (χ3n) is 7.55. The van der Waals surface area contributed by atoms with E-state index >= 15 is 0 Å². The minimum Gasteiger partial charge on any atom is -0.462 e. The van der Waals surface area contributed by atoms with Gasteiger partial charge in [0.2, 0.25) is 0 Å². The van der Waals surface area contributed by atoms with Crippen molar-refractivity contribution in [2.75, 3.05) is 26.4 Å². The first-order chi connectivity index (χ1) is 25.2. The SMILES string of the molecule is CC/C=C\C/C=C\C/C=C\C/C=C\CCCCC(=O)OC[C@H](COP(=O)(O)OCCN)OC(=O)CCCCCCC/C=C\C=C\C(=O)CCCCC. The van der Waals surface area contributed by atoms with Gasteiger partial charge in [-0.2, -0.15) is 0 Å². The Morgan fingerprint density at radius 3 is 1.92 bits per heavy atom. The van der Waals surface area contributed by atoms with Crippen molar-refractivity contribution in [1.82, 2.24) is 0 Å². The van der Waals surface area contributed by atoms with Crippen molar-refractivity contribution >= 4 is 25.5 Å². The first-order valence-electron chi connectivity index (χ1n) is 19.4. The molecule has 0 aromatic heterocycles. The van der Waals surface area contributed by atoms with E-state index in [1.807, 2.05) is 6.08 Å². The Morgan fingerprint density at radius 2 is 1.23 bits per heavy atom. The van der Waals surface area contributed by atoms with Gasteiger partial charge in [0.15, 0.2) is 11.9 Å². The Morgan fingerprint density at radius 1 is 0.654 bits per heavy atom. The second kappa shape index (κ2) is 36.5. The van der Waals surface area contributed by atoms with Gasteiger partial charge in [0, 0.05) is 25.8 Å². The number of phosphoric ester groups is 1. The summed E-state index contributed by atoms with van der Waals surface area (Å²) in [4.78, 5) is 46.4. The Balaban J connectivity index is 4.38. The molecule has 0 aromatic rings. The van der Waals surface area contributed by atoms with Crippen molar-refractivity contribution in [2.45, 2.75) is 142 Å². The molecule has 296 valence electrons. The van der Waals surface area contributed by atoms with Crippen LogP contribution in [0.3, 0.4) is 0 Å². The summed E-state index contributed by atoms with van der Waals surface area (Å²) in [6, 6.07) is 0. The largest absolute Gasteiger partial charge is 0.472 e. The summed E-state index contributed by atoms with van der Waals surface area (Å²) in [6.45, 7) is 3.32. The second-order valence-corrected chi connectivity index (χ2v) is 13.9. The van der Waals surface area contributed by atoms with Crippen LogP contribution >= 0.6 is 7.82 Å². The fourth-order valence-electron chi connectivity index (χ4n) is 4.66. The minimum atomic E-state index is -4.41. The van der Waals surface area contributed by atoms with Crippen LogP contribution in [-0.2, 0) is 37.5 Å². The topological polar surface area (TPSA) is 151 Å². The fourth-order valence-corrected chi connectivity index (χ4v) is 5.43. The van der Waals surface area contributed by atoms with Gasteiger partial charge in [-0.05, 0) is 76.7 Å². The van der Waals surface area contributed by atoms with E-state index in [0.29, 0.717) is 19.3 Å². The number of carbonyl (C=O) groups is 3. The van der Waals surface area contributed by atoms with Crippen LogP contribution in [0.4, 0.5) is 0 Å². The fraction of sp³-hybridized carbons (Fsp3) is 0.634. The number of hydrogen-bond acceptors (Lipinski definition) is 9. The Bertz CT molecular complexity index is 1140. The number of nitrogens with two attached hydrogens (primary N) is 1. The molecule has 3 N–H and O–H groups in total. The van der Waals surface area contributed by atoms with E-state index in [2.05, 4.69) is 68.5 Å². The zero-order chi connectivity index (χ0) is 38.4. The molecule has 0 radical (unpaired) electrons. The van der Waals surface area contributed by atoms with Crippen molar-refractivity contribution in [3.8, 4) is 0 Å². The number of allylic oxidation sites excluding steroid dienone is 12. The Hall–Kier alpha value is -2.88. The Kier molecular flexibility index (Phi) is 34.5. The first kappa shape index (κ1) is 49.1. The maximum absolute atomic E-state index is 12.5. The van der Waals surface area contributed by atoms with E-state index in [-0.39, 0.29) is 38.4 Å². The molecule has 0 rings (SSSR count). The number of carbonyl (C=O) groups excluding carboxylic acids is 3. The van der Waals surface area contributed by atoms with Crippen molar-refractivity contribution < 1.29 is 42.4 Å². The summed E-state index contributed by atoms with van der Waals surface area (Å²) in [7, 11) is -4.41. The summed E-state index contributed by atoms with van der Waals surface area (Å²) in [5, 5.41) is 0. The van der Waals surface area contributed by atoms with Gasteiger partial charge in [0.05, 0.1) is 13.2 Å². The van der Waals surface area contributed by atoms with Crippen LogP contribution in [0.5, 0.6) is 0 Å². The average molecular weight is 750 g/mol. The van der Waals surface area contributed by atoms with Gasteiger partial charge in [-0.15, -0.1) is 0 Å². The van der Waals surface area contributed by atoms with Gasteiger partial charge in [-0.25, -0.2) is 4.57 Å². The van der Waals surface area contributed by atoms with Gasteiger partial charge in [0.25, 0.3) is 0 Å². The lowest BCUT2D eigenvalue weighted by Crippen LogP contribution is -2.29. The molecule has 0 aliphatic carbocycles. The van der Waals surface area contributed by atoms with Gasteiger partial charge in [-0.1, -0.05) is 113 Å². The standard InChI is InChI=1S/C41H68NO9P/c1-3-5-7-8-9-10-11-12-13-14-15-18-21-24-28-32-40(44)48-36-39(37-50-52(46,47)49-35-34-42)51-41(45)33-29-25-22-19-16-17-20-23-27-31-38(43)30-26-6-4-2/h5,7,9-10,12-13,15,18,20,23,27,31,39H,3-4,6,8,11,14,16-17,19,21-22,24-26,28-30,32-37,42H2,1-2H3,(H,46,47)/b7-5-,10-9-,13-12-,18-15-,23-20-,31-27+/t39-/m1/s1. The van der Waals surface area contributed by atoms with Crippen LogP contribution in [0.2, 0.25) is 0 Å². The molecule has 10 nitrogen and oxygen atoms in total. The molecule has 11 heteroatoms. The lowest BCUT2D eigenvalue weighted by atomic mass is 10.1. The van der Waals surface area contributed by atoms with E-state index in [1.165, 1.54) is 0 Å². The van der Waals surface area contributed by atoms with Crippen molar-refractivity contribution in [1.29, 1.82) is 0 Å². The third-order valence-corrected chi connectivity index (χ3v) is 8.54. The predicted molar refractivity (Wildman–Crippen MR) is 211 cm³/mol. The highest BCUT2D eigenvalue weighted by Gasteiger charge is 2.25. The minimum absolute atomic E-state index is 0.0294. The summed E-state index contributed by atoms with van der Waals surface area (Å²) >= 11 is 0. The highest BCUT2D eigenvalue weighted by atomic mass is 31.2. The number of phosphoric acid groups is 1. The third kappa shape index (κ3) is 35.5. The molecule has 1 unspecified atom stereocenters. The van der Waals surface area contributed by atoms with Crippen LogP contribution in [-0.4, -0.2) is 55.1 Å². The predicted octanol–water partition coefficient (Wildman–Crippen LogP) is 9.89. The lowest BCUT2D eigenvalue weighted by Gasteiger charge is -2.19. The van der Waals surface area contributed by atoms with Crippen LogP contribution in [0.1, 0.15) is 136 Å². The normalized spacial score (nSPS) is 14.1. The van der Waals surface area contributed by atoms with E-state index in [9.17, 15) is 23.8 Å². The molecule has 0 amide bonds. The molecule has 0 bridgehead atoms. The molecule has 0 saturated heterocycles. The zero-order valence-corrected chi connectivity index (χ0v) is 32.9. The van der Waals surface area contributed by atoms with Crippen molar-refractivity contribution in [3.05, 3.63) is 72.9 Å². The number of hydrogen-bond donors (Lipinski definition) is 2. The van der Waals surface area contributed by atoms with E-state index in [0.717, 1.165) is 89.9 Å². The maximum Gasteiger partial charge on any atom is 0.472 e. The van der Waals surface area contributed by atoms with Crippen LogP contribution in [0.15, 0.2) is 72.9 Å². The molecule has 0 aromatic carbocycles. The molecule has 0 heterocycles. The zero-order valence-electron chi connectivity index (χ0n) is 32.0. The summed E-state index contributed by atoms with van der Waals surface area (Å²) in [5.41, 5.74) is 5.32. The number of ether oxygens (including phenoxy) is 2. The monoisotopic (exact) mass is 749 g/mol. The summed E-state index contributed by atoms with van der Waals surface area (Å²) in [6.07, 6.45) is 39.2. The van der Waals surface area contributed by atoms with E-state index < -0.39 is 32.5 Å². The van der Waals surface area contributed by atoms with Gasteiger partial charge >= 0.3 is 19.8 Å². The summed E-state index contributed by atoms with van der Waals surface area (Å²) < 4.78 is 32.6. The second-order valence-electron chi connectivity index (χ2n) is 12.4. The van der Waals surface area contributed by atoms with Crippen molar-refractivity contribution in [3.63, 3.8) is 0 Å². The highest BCUT2D eigenvalue weighted by molar-refractivity contribution is 7.47. The number of unbranched alkanes of at least 4 members (excludes halogenated alkanes) is 9. The number of ketones is 1. The van der Waals surface area contributed by atoms with Crippen LogP contribution in [0, 0.1) is 0 Å². The number of esters is 2. The molecule has 0 saturated carbocycles. The molecule has 0 fully saturated rings. The first-order valence-corrected chi connectivity index (χ1v) is 20.9. The van der Waals surface area contributed by atoms with Gasteiger partial charge in [0.1, 0.15) is 6.61 Å². The quantitative estimate of drug-likeness (QED) is 0.0160. The molecule has 0 spiro atoms. The molecule has 0 aliphatic rings. The molecular formula is C41H68NO9P. The van der Waals surface area contributed by atoms with E-state index in [4.69, 9.17) is 24.3 Å². The molecule has 0 aliphatic heterocycles. The average Bonchev–Trinajstić information content (AvgIpc) is 3.12. The van der Waals surface area contributed by atoms with Crippen LogP contribution in [0.25, 0.3) is 0 Å². The van der Waals surface area contributed by atoms with Gasteiger partial charge in [-0.3, -0.25) is 23.4 Å². The smallest absolute Gasteiger partial charge is 0.462 e. The van der Waals surface area contributed by atoms with Crippen molar-refractivity contribution in [2.24, 2.45) is 5.73 Å². The number of rotatable bonds is 35. The highest BCUT2D eigenvalue weighted by Crippen LogP contribution is 2.43. The molecule has 2 atom stereocenters. The Labute approximate surface area is 314 Å². The van der Waals surface area contributed by atoms with E-state index in [1.54, 1.807) is 12.2 Å². The van der Waals surface area contributed by atoms with Gasteiger partial charge < -0.3 is 20.1 Å². The molecular weight excluding hydrogens is 681 g/mol. The summed E-state index contributed by atoms with van der Waals surface area (Å²) in [5.74, 6) is -0.780.